The van der Waals surface area contributed by atoms with Crippen LogP contribution in [0.5, 0.6) is 0 Å². The van der Waals surface area contributed by atoms with Crippen LogP contribution < -0.4 is 0 Å². The highest BCUT2D eigenvalue weighted by Crippen LogP contribution is 2.36. The fourth-order valence-corrected chi connectivity index (χ4v) is 2.83. The van der Waals surface area contributed by atoms with Crippen LogP contribution >= 0.6 is 0 Å². The molecule has 13 heavy (non-hydrogen) atoms. The molecule has 0 aromatic carbocycles. The van der Waals surface area contributed by atoms with E-state index in [9.17, 15) is 4.79 Å². The number of fused-ring (bicyclic) bond motifs is 1. The van der Waals surface area contributed by atoms with E-state index >= 15 is 0 Å². The molecular weight excluding hydrogens is 162 g/mol. The lowest BCUT2D eigenvalue weighted by Crippen LogP contribution is -2.27. The molecule has 0 spiro atoms. The number of likely N-dealkylation sites (tertiary alicyclic amines) is 1. The van der Waals surface area contributed by atoms with E-state index in [0.29, 0.717) is 12.3 Å². The van der Waals surface area contributed by atoms with Crippen LogP contribution in [-0.4, -0.2) is 23.9 Å². The van der Waals surface area contributed by atoms with E-state index in [2.05, 4.69) is 4.90 Å². The van der Waals surface area contributed by atoms with Crippen molar-refractivity contribution in [2.24, 2.45) is 11.8 Å². The van der Waals surface area contributed by atoms with Gasteiger partial charge in [-0.25, -0.2) is 0 Å². The second-order valence-corrected chi connectivity index (χ2v) is 4.46. The second-order valence-electron chi connectivity index (χ2n) is 4.46. The molecule has 0 aromatic heterocycles. The molecule has 74 valence electrons. The standard InChI is InChI=1S/C11H19NO/c1-2-11(13)12-7-9-5-3-4-6-10(9)8-12/h9-10H,2-8H2,1H3/t9-,10+. The van der Waals surface area contributed by atoms with Gasteiger partial charge in [-0.3, -0.25) is 4.79 Å². The zero-order valence-electron chi connectivity index (χ0n) is 8.46. The van der Waals surface area contributed by atoms with Gasteiger partial charge in [0.2, 0.25) is 5.91 Å². The van der Waals surface area contributed by atoms with Gasteiger partial charge in [-0.2, -0.15) is 0 Å². The lowest BCUT2D eigenvalue weighted by molar-refractivity contribution is -0.130. The van der Waals surface area contributed by atoms with Gasteiger partial charge < -0.3 is 4.90 Å². The third-order valence-electron chi connectivity index (χ3n) is 3.63. The lowest BCUT2D eigenvalue weighted by Gasteiger charge is -2.22. The maximum Gasteiger partial charge on any atom is 0.222 e. The fraction of sp³-hybridized carbons (Fsp3) is 0.909. The van der Waals surface area contributed by atoms with Crippen LogP contribution in [0.25, 0.3) is 0 Å². The maximum atomic E-state index is 11.5. The largest absolute Gasteiger partial charge is 0.342 e. The topological polar surface area (TPSA) is 20.3 Å². The maximum absolute atomic E-state index is 11.5. The molecule has 1 aliphatic carbocycles. The van der Waals surface area contributed by atoms with Crippen molar-refractivity contribution in [2.45, 2.75) is 39.0 Å². The smallest absolute Gasteiger partial charge is 0.222 e. The van der Waals surface area contributed by atoms with Gasteiger partial charge in [0.15, 0.2) is 0 Å². The minimum absolute atomic E-state index is 0.356. The summed E-state index contributed by atoms with van der Waals surface area (Å²) in [7, 11) is 0. The number of amides is 1. The fourth-order valence-electron chi connectivity index (χ4n) is 2.83. The van der Waals surface area contributed by atoms with E-state index in [0.717, 1.165) is 24.9 Å². The summed E-state index contributed by atoms with van der Waals surface area (Å²) in [5, 5.41) is 0. The van der Waals surface area contributed by atoms with Gasteiger partial charge in [0.25, 0.3) is 0 Å². The van der Waals surface area contributed by atoms with Gasteiger partial charge in [0.1, 0.15) is 0 Å². The first-order valence-corrected chi connectivity index (χ1v) is 5.59. The summed E-state index contributed by atoms with van der Waals surface area (Å²) >= 11 is 0. The number of carbonyl (C=O) groups is 1. The van der Waals surface area contributed by atoms with Crippen LogP contribution in [0, 0.1) is 11.8 Å². The van der Waals surface area contributed by atoms with Crippen LogP contribution in [0.15, 0.2) is 0 Å². The zero-order valence-corrected chi connectivity index (χ0v) is 8.46. The molecule has 0 aromatic rings. The molecule has 2 fully saturated rings. The Morgan fingerprint density at radius 3 is 2.23 bits per heavy atom. The average Bonchev–Trinajstić information content (AvgIpc) is 2.59. The van der Waals surface area contributed by atoms with Crippen molar-refractivity contribution in [3.8, 4) is 0 Å². The molecule has 0 N–H and O–H groups in total. The number of hydrogen-bond donors (Lipinski definition) is 0. The Balaban J connectivity index is 1.94. The van der Waals surface area contributed by atoms with Crippen molar-refractivity contribution >= 4 is 5.91 Å². The van der Waals surface area contributed by atoms with Crippen molar-refractivity contribution in [1.29, 1.82) is 0 Å². The molecule has 1 saturated carbocycles. The Hall–Kier alpha value is -0.530. The molecule has 2 atom stereocenters. The van der Waals surface area contributed by atoms with Crippen molar-refractivity contribution in [2.75, 3.05) is 13.1 Å². The van der Waals surface area contributed by atoms with Gasteiger partial charge in [-0.15, -0.1) is 0 Å². The highest BCUT2D eigenvalue weighted by Gasteiger charge is 2.35. The SMILES string of the molecule is CCC(=O)N1C[C@H]2CCCC[C@H]2C1. The molecule has 1 amide bonds. The first-order valence-electron chi connectivity index (χ1n) is 5.59. The highest BCUT2D eigenvalue weighted by atomic mass is 16.2. The molecule has 1 saturated heterocycles. The van der Waals surface area contributed by atoms with Gasteiger partial charge in [0.05, 0.1) is 0 Å². The van der Waals surface area contributed by atoms with E-state index in [1.54, 1.807) is 0 Å². The summed E-state index contributed by atoms with van der Waals surface area (Å²) in [5.41, 5.74) is 0. The Bertz CT molecular complexity index is 188. The van der Waals surface area contributed by atoms with Crippen molar-refractivity contribution in [3.05, 3.63) is 0 Å². The zero-order chi connectivity index (χ0) is 9.26. The first kappa shape index (κ1) is 9.04. The summed E-state index contributed by atoms with van der Waals surface area (Å²) in [6.45, 7) is 4.07. The van der Waals surface area contributed by atoms with Crippen LogP contribution in [0.3, 0.4) is 0 Å². The van der Waals surface area contributed by atoms with Crippen LogP contribution in [0.2, 0.25) is 0 Å². The predicted octanol–water partition coefficient (Wildman–Crippen LogP) is 2.04. The molecular formula is C11H19NO. The van der Waals surface area contributed by atoms with Gasteiger partial charge in [-0.05, 0) is 24.7 Å². The third kappa shape index (κ3) is 1.72. The van der Waals surface area contributed by atoms with E-state index in [1.165, 1.54) is 25.7 Å². The van der Waals surface area contributed by atoms with E-state index in [1.807, 2.05) is 6.92 Å². The van der Waals surface area contributed by atoms with Crippen LogP contribution in [-0.2, 0) is 4.79 Å². The molecule has 2 heteroatoms. The summed E-state index contributed by atoms with van der Waals surface area (Å²) in [5.74, 6) is 2.03. The average molecular weight is 181 g/mol. The highest BCUT2D eigenvalue weighted by molar-refractivity contribution is 5.76. The quantitative estimate of drug-likeness (QED) is 0.606. The third-order valence-corrected chi connectivity index (χ3v) is 3.63. The lowest BCUT2D eigenvalue weighted by atomic mass is 9.82. The molecule has 0 radical (unpaired) electrons. The summed E-state index contributed by atoms with van der Waals surface area (Å²) in [6.07, 6.45) is 6.17. The Morgan fingerprint density at radius 2 is 1.77 bits per heavy atom. The number of nitrogens with zero attached hydrogens (tertiary/aromatic N) is 1. The first-order chi connectivity index (χ1) is 6.31. The van der Waals surface area contributed by atoms with E-state index in [4.69, 9.17) is 0 Å². The van der Waals surface area contributed by atoms with Crippen molar-refractivity contribution < 1.29 is 4.79 Å². The minimum Gasteiger partial charge on any atom is -0.342 e. The Morgan fingerprint density at radius 1 is 1.23 bits per heavy atom. The minimum atomic E-state index is 0.356. The van der Waals surface area contributed by atoms with Gasteiger partial charge >= 0.3 is 0 Å². The van der Waals surface area contributed by atoms with Crippen molar-refractivity contribution in [1.82, 2.24) is 4.90 Å². The molecule has 0 unspecified atom stereocenters. The summed E-state index contributed by atoms with van der Waals surface area (Å²) < 4.78 is 0. The Kier molecular flexibility index (Phi) is 2.56. The predicted molar refractivity (Wildman–Crippen MR) is 52.3 cm³/mol. The van der Waals surface area contributed by atoms with Gasteiger partial charge in [0, 0.05) is 19.5 Å². The summed E-state index contributed by atoms with van der Waals surface area (Å²) in [4.78, 5) is 13.6. The van der Waals surface area contributed by atoms with E-state index in [-0.39, 0.29) is 0 Å². The number of hydrogen-bond acceptors (Lipinski definition) is 1. The molecule has 0 bridgehead atoms. The second kappa shape index (κ2) is 3.69. The number of carbonyl (C=O) groups excluding carboxylic acids is 1. The number of rotatable bonds is 1. The molecule has 2 rings (SSSR count). The molecule has 1 heterocycles. The van der Waals surface area contributed by atoms with Crippen molar-refractivity contribution in [3.63, 3.8) is 0 Å². The normalized spacial score (nSPS) is 33.2. The Labute approximate surface area is 80.3 Å². The van der Waals surface area contributed by atoms with E-state index < -0.39 is 0 Å². The van der Waals surface area contributed by atoms with Crippen LogP contribution in [0.4, 0.5) is 0 Å². The van der Waals surface area contributed by atoms with Gasteiger partial charge in [-0.1, -0.05) is 19.8 Å². The molecule has 2 aliphatic rings. The molecule has 1 aliphatic heterocycles. The summed E-state index contributed by atoms with van der Waals surface area (Å²) in [6, 6.07) is 0. The monoisotopic (exact) mass is 181 g/mol. The molecule has 2 nitrogen and oxygen atoms in total. The van der Waals surface area contributed by atoms with Crippen LogP contribution in [0.1, 0.15) is 39.0 Å².